The Labute approximate surface area is 134 Å². The van der Waals surface area contributed by atoms with Crippen molar-refractivity contribution >= 4 is 0 Å². The van der Waals surface area contributed by atoms with Gasteiger partial charge < -0.3 is 28.4 Å². The van der Waals surface area contributed by atoms with Gasteiger partial charge in [-0.1, -0.05) is 0 Å². The van der Waals surface area contributed by atoms with Crippen LogP contribution in [-0.4, -0.2) is 49.6 Å². The Morgan fingerprint density at radius 2 is 0.636 bits per heavy atom. The fraction of sp³-hybridized carbons (Fsp3) is 1.00. The van der Waals surface area contributed by atoms with Crippen LogP contribution in [0.4, 0.5) is 0 Å². The lowest BCUT2D eigenvalue weighted by molar-refractivity contribution is -0.450. The van der Waals surface area contributed by atoms with Crippen molar-refractivity contribution in [3.63, 3.8) is 0 Å². The van der Waals surface area contributed by atoms with Gasteiger partial charge in [0.1, 0.15) is 0 Å². The van der Waals surface area contributed by atoms with Crippen molar-refractivity contribution in [1.82, 2.24) is 0 Å². The first-order chi connectivity index (χ1) is 10.2. The quantitative estimate of drug-likeness (QED) is 0.685. The van der Waals surface area contributed by atoms with Crippen molar-refractivity contribution in [3.05, 3.63) is 0 Å². The van der Waals surface area contributed by atoms with Gasteiger partial charge in [0, 0.05) is 0 Å². The van der Waals surface area contributed by atoms with Crippen molar-refractivity contribution < 1.29 is 28.4 Å². The lowest BCUT2D eigenvalue weighted by atomic mass is 10.4. The van der Waals surface area contributed by atoms with Crippen LogP contribution in [0.1, 0.15) is 55.4 Å². The Kier molecular flexibility index (Phi) is 8.24. The summed E-state index contributed by atoms with van der Waals surface area (Å²) in [5.74, 6) is 0. The molecule has 0 spiro atoms. The summed E-state index contributed by atoms with van der Waals surface area (Å²) in [7, 11) is 0. The SMILES string of the molecule is CC(C)O[C@@H]1O[C@@H](OC(C)C)[C@@H](OC(C)C)O[C@@H]1OC(C)C. The van der Waals surface area contributed by atoms with Crippen molar-refractivity contribution in [2.75, 3.05) is 0 Å². The van der Waals surface area contributed by atoms with Crippen LogP contribution >= 0.6 is 0 Å². The maximum Gasteiger partial charge on any atom is 0.212 e. The smallest absolute Gasteiger partial charge is 0.212 e. The number of hydrogen-bond acceptors (Lipinski definition) is 6. The van der Waals surface area contributed by atoms with Crippen LogP contribution in [0.5, 0.6) is 0 Å². The minimum Gasteiger partial charge on any atom is -0.345 e. The zero-order valence-electron chi connectivity index (χ0n) is 15.1. The molecular formula is C16H32O6. The number of rotatable bonds is 8. The van der Waals surface area contributed by atoms with Gasteiger partial charge in [0.05, 0.1) is 24.4 Å². The van der Waals surface area contributed by atoms with Gasteiger partial charge in [-0.05, 0) is 55.4 Å². The van der Waals surface area contributed by atoms with E-state index in [9.17, 15) is 0 Å². The highest BCUT2D eigenvalue weighted by Gasteiger charge is 2.43. The maximum absolute atomic E-state index is 5.92. The molecule has 1 aliphatic heterocycles. The van der Waals surface area contributed by atoms with Crippen molar-refractivity contribution in [2.24, 2.45) is 0 Å². The Morgan fingerprint density at radius 3 is 0.773 bits per heavy atom. The van der Waals surface area contributed by atoms with Crippen LogP contribution in [0.3, 0.4) is 0 Å². The van der Waals surface area contributed by atoms with E-state index in [1.54, 1.807) is 0 Å². The third-order valence-electron chi connectivity index (χ3n) is 2.61. The molecule has 0 amide bonds. The van der Waals surface area contributed by atoms with Crippen molar-refractivity contribution in [1.29, 1.82) is 0 Å². The molecule has 0 aromatic carbocycles. The average Bonchev–Trinajstić information content (AvgIpc) is 2.31. The highest BCUT2D eigenvalue weighted by atomic mass is 16.9. The molecule has 0 radical (unpaired) electrons. The zero-order valence-corrected chi connectivity index (χ0v) is 15.1. The molecule has 0 saturated carbocycles. The largest absolute Gasteiger partial charge is 0.345 e. The Bertz CT molecular complexity index is 247. The summed E-state index contributed by atoms with van der Waals surface area (Å²) in [6.07, 6.45) is -2.70. The molecule has 6 heteroatoms. The molecule has 22 heavy (non-hydrogen) atoms. The summed E-state index contributed by atoms with van der Waals surface area (Å²) in [5.41, 5.74) is 0. The van der Waals surface area contributed by atoms with Crippen LogP contribution in [0.15, 0.2) is 0 Å². The number of hydrogen-bond donors (Lipinski definition) is 0. The monoisotopic (exact) mass is 320 g/mol. The molecule has 1 heterocycles. The van der Waals surface area contributed by atoms with Gasteiger partial charge in [-0.3, -0.25) is 0 Å². The normalized spacial score (nSPS) is 30.0. The van der Waals surface area contributed by atoms with Gasteiger partial charge in [0.2, 0.25) is 25.2 Å². The highest BCUT2D eigenvalue weighted by molar-refractivity contribution is 4.68. The van der Waals surface area contributed by atoms with Gasteiger partial charge in [0.25, 0.3) is 0 Å². The van der Waals surface area contributed by atoms with Crippen LogP contribution < -0.4 is 0 Å². The summed E-state index contributed by atoms with van der Waals surface area (Å²) >= 11 is 0. The van der Waals surface area contributed by atoms with E-state index >= 15 is 0 Å². The molecule has 1 rings (SSSR count). The fourth-order valence-corrected chi connectivity index (χ4v) is 1.98. The van der Waals surface area contributed by atoms with E-state index in [2.05, 4.69) is 0 Å². The lowest BCUT2D eigenvalue weighted by Crippen LogP contribution is -2.55. The molecule has 1 fully saturated rings. The predicted octanol–water partition coefficient (Wildman–Crippen LogP) is 3.04. The Hall–Kier alpha value is -0.240. The van der Waals surface area contributed by atoms with Crippen LogP contribution in [0.25, 0.3) is 0 Å². The number of ether oxygens (including phenoxy) is 6. The van der Waals surface area contributed by atoms with Gasteiger partial charge >= 0.3 is 0 Å². The van der Waals surface area contributed by atoms with E-state index < -0.39 is 25.2 Å². The maximum atomic E-state index is 5.92. The molecule has 6 nitrogen and oxygen atoms in total. The third-order valence-corrected chi connectivity index (χ3v) is 2.61. The second-order valence-corrected chi connectivity index (χ2v) is 6.49. The van der Waals surface area contributed by atoms with E-state index in [0.717, 1.165) is 0 Å². The molecule has 0 aromatic heterocycles. The summed E-state index contributed by atoms with van der Waals surface area (Å²) in [6.45, 7) is 15.5. The second kappa shape index (κ2) is 9.15. The van der Waals surface area contributed by atoms with E-state index in [1.807, 2.05) is 55.4 Å². The summed E-state index contributed by atoms with van der Waals surface area (Å²) in [6, 6.07) is 0. The van der Waals surface area contributed by atoms with E-state index in [1.165, 1.54) is 0 Å². The molecule has 132 valence electrons. The summed E-state index contributed by atoms with van der Waals surface area (Å²) < 4.78 is 34.9. The Balaban J connectivity index is 2.83. The Morgan fingerprint density at radius 1 is 0.455 bits per heavy atom. The zero-order chi connectivity index (χ0) is 16.9. The lowest BCUT2D eigenvalue weighted by Gasteiger charge is -2.42. The molecule has 0 bridgehead atoms. The van der Waals surface area contributed by atoms with E-state index in [-0.39, 0.29) is 24.4 Å². The first-order valence-electron chi connectivity index (χ1n) is 8.11. The molecule has 0 aromatic rings. The molecule has 0 unspecified atom stereocenters. The second-order valence-electron chi connectivity index (χ2n) is 6.49. The van der Waals surface area contributed by atoms with Crippen LogP contribution in [0.2, 0.25) is 0 Å². The molecular weight excluding hydrogens is 288 g/mol. The first kappa shape index (κ1) is 19.8. The summed E-state index contributed by atoms with van der Waals surface area (Å²) in [4.78, 5) is 0. The standard InChI is InChI=1S/C16H32O6/c1-9(2)17-13-14(18-10(3)4)22-16(20-12(7)8)15(21-13)19-11(5)6/h9-16H,1-8H3/t13-,14+,15-,16+. The topological polar surface area (TPSA) is 55.4 Å². The third kappa shape index (κ3) is 6.89. The highest BCUT2D eigenvalue weighted by Crippen LogP contribution is 2.27. The van der Waals surface area contributed by atoms with Gasteiger partial charge in [-0.15, -0.1) is 0 Å². The van der Waals surface area contributed by atoms with Gasteiger partial charge in [-0.2, -0.15) is 0 Å². The molecule has 0 aliphatic carbocycles. The molecule has 0 N–H and O–H groups in total. The minimum atomic E-state index is -0.654. The summed E-state index contributed by atoms with van der Waals surface area (Å²) in [5, 5.41) is 0. The van der Waals surface area contributed by atoms with Gasteiger partial charge in [0.15, 0.2) is 0 Å². The van der Waals surface area contributed by atoms with Gasteiger partial charge in [-0.25, -0.2) is 0 Å². The van der Waals surface area contributed by atoms with E-state index in [4.69, 9.17) is 28.4 Å². The van der Waals surface area contributed by atoms with E-state index in [0.29, 0.717) is 0 Å². The fourth-order valence-electron chi connectivity index (χ4n) is 1.98. The average molecular weight is 320 g/mol. The molecule has 4 atom stereocenters. The molecule has 1 saturated heterocycles. The first-order valence-corrected chi connectivity index (χ1v) is 8.11. The predicted molar refractivity (Wildman–Crippen MR) is 82.2 cm³/mol. The minimum absolute atomic E-state index is 0.0193. The molecule has 1 aliphatic rings. The van der Waals surface area contributed by atoms with Crippen molar-refractivity contribution in [2.45, 2.75) is 105 Å². The van der Waals surface area contributed by atoms with Crippen molar-refractivity contribution in [3.8, 4) is 0 Å². The van der Waals surface area contributed by atoms with Crippen LogP contribution in [-0.2, 0) is 28.4 Å². The van der Waals surface area contributed by atoms with Crippen LogP contribution in [0, 0.1) is 0 Å².